The minimum atomic E-state index is -0.419. The first-order valence-corrected chi connectivity index (χ1v) is 9.22. The molecule has 0 aliphatic carbocycles. The molecule has 5 nitrogen and oxygen atoms in total. The van der Waals surface area contributed by atoms with Crippen LogP contribution in [-0.4, -0.2) is 9.91 Å². The van der Waals surface area contributed by atoms with Crippen molar-refractivity contribution in [3.05, 3.63) is 81.3 Å². The summed E-state index contributed by atoms with van der Waals surface area (Å²) >= 11 is 2.71. The van der Waals surface area contributed by atoms with Crippen LogP contribution in [0.4, 0.5) is 5.69 Å². The van der Waals surface area contributed by atoms with Gasteiger partial charge in [-0.3, -0.25) is 10.1 Å². The molecular formula is C18H13N3O2S2. The quantitative estimate of drug-likeness (QED) is 0.339. The van der Waals surface area contributed by atoms with Crippen molar-refractivity contribution in [3.8, 4) is 16.0 Å². The van der Waals surface area contributed by atoms with E-state index in [1.807, 2.05) is 35.7 Å². The molecule has 0 bridgehead atoms. The molecule has 0 fully saturated rings. The van der Waals surface area contributed by atoms with Gasteiger partial charge in [0.1, 0.15) is 10.4 Å². The van der Waals surface area contributed by atoms with Gasteiger partial charge in [-0.1, -0.05) is 42.5 Å². The van der Waals surface area contributed by atoms with Gasteiger partial charge in [-0.15, -0.1) is 11.3 Å². The second-order valence-electron chi connectivity index (χ2n) is 5.27. The molecule has 0 aliphatic rings. The smallest absolute Gasteiger partial charge is 0.258 e. The molecule has 1 atom stereocenters. The molecule has 25 heavy (non-hydrogen) atoms. The lowest BCUT2D eigenvalue weighted by molar-refractivity contribution is -0.384. The molecule has 124 valence electrons. The Bertz CT molecular complexity index is 902. The number of non-ortho nitro benzene ring substituents is 1. The highest BCUT2D eigenvalue weighted by molar-refractivity contribution is 8.03. The molecule has 0 saturated carbocycles. The van der Waals surface area contributed by atoms with Crippen LogP contribution in [0, 0.1) is 20.8 Å². The highest BCUT2D eigenvalue weighted by Crippen LogP contribution is 2.35. The highest BCUT2D eigenvalue weighted by Gasteiger charge is 2.18. The molecule has 0 saturated heterocycles. The minimum absolute atomic E-state index is 0.0632. The number of nitriles is 1. The number of nitro groups is 1. The van der Waals surface area contributed by atoms with Gasteiger partial charge in [-0.05, 0) is 23.7 Å². The third-order valence-electron chi connectivity index (χ3n) is 3.64. The Kier molecular flexibility index (Phi) is 5.43. The highest BCUT2D eigenvalue weighted by atomic mass is 32.2. The number of thiazole rings is 1. The van der Waals surface area contributed by atoms with Gasteiger partial charge in [0.05, 0.1) is 15.9 Å². The second-order valence-corrected chi connectivity index (χ2v) is 7.11. The van der Waals surface area contributed by atoms with Gasteiger partial charge in [-0.25, -0.2) is 4.98 Å². The van der Waals surface area contributed by atoms with Crippen LogP contribution in [0.1, 0.15) is 16.5 Å². The Morgan fingerprint density at radius 1 is 1.20 bits per heavy atom. The molecule has 0 N–H and O–H groups in total. The number of rotatable bonds is 6. The maximum atomic E-state index is 10.7. The average Bonchev–Trinajstić information content (AvgIpc) is 3.13. The summed E-state index contributed by atoms with van der Waals surface area (Å²) in [7, 11) is 0. The van der Waals surface area contributed by atoms with Gasteiger partial charge in [0, 0.05) is 23.1 Å². The fourth-order valence-corrected chi connectivity index (χ4v) is 4.00. The Labute approximate surface area is 153 Å². The molecule has 0 aliphatic heterocycles. The maximum absolute atomic E-state index is 10.7. The number of thioether (sulfide) groups is 1. The van der Waals surface area contributed by atoms with Crippen LogP contribution in [0.2, 0.25) is 0 Å². The summed E-state index contributed by atoms with van der Waals surface area (Å²) in [6.07, 6.45) is 0.591. The second kappa shape index (κ2) is 7.92. The van der Waals surface area contributed by atoms with E-state index in [4.69, 9.17) is 5.26 Å². The number of nitro benzene ring substituents is 1. The molecule has 3 rings (SSSR count). The van der Waals surface area contributed by atoms with E-state index in [2.05, 4.69) is 10.4 Å². The van der Waals surface area contributed by atoms with E-state index in [1.54, 1.807) is 23.5 Å². The molecule has 1 aromatic heterocycles. The third kappa shape index (κ3) is 4.24. The Hall–Kier alpha value is -2.69. The van der Waals surface area contributed by atoms with Gasteiger partial charge in [0.2, 0.25) is 0 Å². The zero-order chi connectivity index (χ0) is 17.6. The monoisotopic (exact) mass is 367 g/mol. The van der Waals surface area contributed by atoms with Gasteiger partial charge in [0.15, 0.2) is 0 Å². The van der Waals surface area contributed by atoms with Gasteiger partial charge < -0.3 is 0 Å². The average molecular weight is 367 g/mol. The predicted molar refractivity (Wildman–Crippen MR) is 100 cm³/mol. The van der Waals surface area contributed by atoms with Crippen LogP contribution < -0.4 is 0 Å². The summed E-state index contributed by atoms with van der Waals surface area (Å²) in [4.78, 5) is 15.0. The van der Waals surface area contributed by atoms with Gasteiger partial charge in [-0.2, -0.15) is 5.26 Å². The molecule has 0 radical (unpaired) electrons. The topological polar surface area (TPSA) is 79.8 Å². The van der Waals surface area contributed by atoms with Crippen LogP contribution in [0.15, 0.2) is 60.0 Å². The first-order chi connectivity index (χ1) is 12.2. The first kappa shape index (κ1) is 17.1. The van der Waals surface area contributed by atoms with Crippen molar-refractivity contribution in [2.45, 2.75) is 11.7 Å². The molecular weight excluding hydrogens is 354 g/mol. The molecule has 7 heteroatoms. The SMILES string of the molecule is N#CS[C@@H](Cc1ccc([N+](=O)[O-])cc1)c1csc(-c2ccccc2)n1. The molecule has 0 amide bonds. The maximum Gasteiger partial charge on any atom is 0.269 e. The van der Waals surface area contributed by atoms with E-state index in [0.29, 0.717) is 6.42 Å². The van der Waals surface area contributed by atoms with E-state index in [1.165, 1.54) is 12.1 Å². The van der Waals surface area contributed by atoms with Gasteiger partial charge in [0.25, 0.3) is 5.69 Å². The molecule has 3 aromatic rings. The number of aromatic nitrogens is 1. The summed E-state index contributed by atoms with van der Waals surface area (Å²) in [5.41, 5.74) is 2.91. The number of hydrogen-bond donors (Lipinski definition) is 0. The van der Waals surface area contributed by atoms with E-state index >= 15 is 0 Å². The lowest BCUT2D eigenvalue weighted by atomic mass is 10.1. The van der Waals surface area contributed by atoms with Gasteiger partial charge >= 0.3 is 0 Å². The summed E-state index contributed by atoms with van der Waals surface area (Å²) in [5.74, 6) is 0. The summed E-state index contributed by atoms with van der Waals surface area (Å²) < 4.78 is 0. The number of thiocyanates is 1. The fraction of sp³-hybridized carbons (Fsp3) is 0.111. The van der Waals surface area contributed by atoms with E-state index in [9.17, 15) is 10.1 Å². The standard InChI is InChI=1S/C18H13N3O2S2/c19-12-25-17(10-13-6-8-15(9-7-13)21(22)23)16-11-24-18(20-16)14-4-2-1-3-5-14/h1-9,11,17H,10H2/t17-/m0/s1. The Balaban J connectivity index is 1.81. The molecule has 0 unspecified atom stereocenters. The van der Waals surface area contributed by atoms with Crippen LogP contribution in [0.3, 0.4) is 0 Å². The number of nitrogens with zero attached hydrogens (tertiary/aromatic N) is 3. The predicted octanol–water partition coefficient (Wildman–Crippen LogP) is 5.22. The van der Waals surface area contributed by atoms with E-state index < -0.39 is 4.92 Å². The molecule has 1 heterocycles. The van der Waals surface area contributed by atoms with E-state index in [0.717, 1.165) is 33.6 Å². The van der Waals surface area contributed by atoms with Crippen molar-refractivity contribution in [2.75, 3.05) is 0 Å². The molecule has 0 spiro atoms. The van der Waals surface area contributed by atoms with Crippen molar-refractivity contribution in [2.24, 2.45) is 0 Å². The Morgan fingerprint density at radius 2 is 1.92 bits per heavy atom. The van der Waals surface area contributed by atoms with E-state index in [-0.39, 0.29) is 10.9 Å². The lowest BCUT2D eigenvalue weighted by Gasteiger charge is -2.10. The van der Waals surface area contributed by atoms with Crippen molar-refractivity contribution in [1.29, 1.82) is 5.26 Å². The van der Waals surface area contributed by atoms with Crippen LogP contribution in [0.25, 0.3) is 10.6 Å². The van der Waals surface area contributed by atoms with Crippen molar-refractivity contribution in [1.82, 2.24) is 4.98 Å². The minimum Gasteiger partial charge on any atom is -0.258 e. The number of benzene rings is 2. The van der Waals surface area contributed by atoms with Crippen LogP contribution in [0.5, 0.6) is 0 Å². The molecule has 2 aromatic carbocycles. The summed E-state index contributed by atoms with van der Waals surface area (Å²) in [5, 5.41) is 24.8. The van der Waals surface area contributed by atoms with Crippen LogP contribution in [-0.2, 0) is 6.42 Å². The first-order valence-electron chi connectivity index (χ1n) is 7.46. The fourth-order valence-electron chi connectivity index (χ4n) is 2.39. The normalized spacial score (nSPS) is 11.6. The number of hydrogen-bond acceptors (Lipinski definition) is 6. The third-order valence-corrected chi connectivity index (χ3v) is 5.34. The van der Waals surface area contributed by atoms with Crippen molar-refractivity contribution in [3.63, 3.8) is 0 Å². The lowest BCUT2D eigenvalue weighted by Crippen LogP contribution is -1.99. The zero-order valence-electron chi connectivity index (χ0n) is 13.0. The van der Waals surface area contributed by atoms with Crippen molar-refractivity contribution < 1.29 is 4.92 Å². The van der Waals surface area contributed by atoms with Crippen LogP contribution >= 0.6 is 23.1 Å². The zero-order valence-corrected chi connectivity index (χ0v) is 14.7. The van der Waals surface area contributed by atoms with Crippen molar-refractivity contribution >= 4 is 28.8 Å². The summed E-state index contributed by atoms with van der Waals surface area (Å²) in [6.45, 7) is 0. The Morgan fingerprint density at radius 3 is 2.56 bits per heavy atom. The summed E-state index contributed by atoms with van der Waals surface area (Å²) in [6, 6.07) is 16.3. The largest absolute Gasteiger partial charge is 0.269 e.